The van der Waals surface area contributed by atoms with Crippen molar-refractivity contribution in [3.8, 4) is 39.4 Å². The van der Waals surface area contributed by atoms with E-state index in [0.29, 0.717) is 65.3 Å². The highest BCUT2D eigenvalue weighted by Crippen LogP contribution is 2.42. The monoisotopic (exact) mass is 740 g/mol. The number of hydrogen-bond acceptors (Lipinski definition) is 8. The van der Waals surface area contributed by atoms with Gasteiger partial charge in [-0.05, 0) is 49.6 Å². The summed E-state index contributed by atoms with van der Waals surface area (Å²) in [5.74, 6) is -0.299. The molecular formula is C39H38Cl2N6O5. The number of pyridine rings is 2. The summed E-state index contributed by atoms with van der Waals surface area (Å²) in [6, 6.07) is 18.5. The zero-order valence-electron chi connectivity index (χ0n) is 28.6. The molecule has 1 amide bonds. The normalized spacial score (nSPS) is 17.7. The average molecular weight is 742 g/mol. The van der Waals surface area contributed by atoms with Gasteiger partial charge in [0.25, 0.3) is 5.56 Å². The first-order valence-electron chi connectivity index (χ1n) is 17.3. The number of ether oxygens (including phenoxy) is 1. The van der Waals surface area contributed by atoms with Crippen LogP contribution in [0, 0.1) is 0 Å². The minimum absolute atomic E-state index is 0.0873. The lowest BCUT2D eigenvalue weighted by molar-refractivity contribution is -0.144. The first-order chi connectivity index (χ1) is 25.2. The van der Waals surface area contributed by atoms with Crippen molar-refractivity contribution < 1.29 is 19.4 Å². The largest absolute Gasteiger partial charge is 0.481 e. The summed E-state index contributed by atoms with van der Waals surface area (Å²) in [5, 5.41) is 17.0. The fourth-order valence-corrected chi connectivity index (χ4v) is 7.77. The summed E-state index contributed by atoms with van der Waals surface area (Å²) in [5.41, 5.74) is 5.88. The highest BCUT2D eigenvalue weighted by atomic mass is 35.5. The molecule has 2 atom stereocenters. The molecule has 7 rings (SSSR count). The number of amides is 1. The highest BCUT2D eigenvalue weighted by Gasteiger charge is 2.29. The Bertz CT molecular complexity index is 2230. The van der Waals surface area contributed by atoms with Gasteiger partial charge in [-0.25, -0.2) is 9.97 Å². The van der Waals surface area contributed by atoms with Gasteiger partial charge in [0.15, 0.2) is 0 Å². The summed E-state index contributed by atoms with van der Waals surface area (Å²) >= 11 is 14.2. The van der Waals surface area contributed by atoms with Gasteiger partial charge in [-0.3, -0.25) is 23.7 Å². The number of benzene rings is 2. The van der Waals surface area contributed by atoms with Gasteiger partial charge < -0.3 is 20.5 Å². The first-order valence-corrected chi connectivity index (χ1v) is 18.1. The fourth-order valence-electron chi connectivity index (χ4n) is 7.11. The van der Waals surface area contributed by atoms with Crippen molar-refractivity contribution in [1.29, 1.82) is 0 Å². The number of nitrogens with one attached hydrogen (secondary N) is 2. The van der Waals surface area contributed by atoms with Crippen molar-refractivity contribution in [2.75, 3.05) is 20.2 Å². The maximum absolute atomic E-state index is 13.5. The molecule has 5 aromatic rings. The molecule has 3 N–H and O–H groups in total. The van der Waals surface area contributed by atoms with Crippen LogP contribution in [-0.2, 0) is 22.7 Å². The number of methoxy groups -OCH3 is 1. The Morgan fingerprint density at radius 3 is 2.46 bits per heavy atom. The number of likely N-dealkylation sites (tertiary alicyclic amines) is 1. The number of piperidine rings is 1. The van der Waals surface area contributed by atoms with Gasteiger partial charge in [0.2, 0.25) is 11.8 Å². The number of hydrogen-bond donors (Lipinski definition) is 3. The van der Waals surface area contributed by atoms with Gasteiger partial charge in [0, 0.05) is 72.3 Å². The highest BCUT2D eigenvalue weighted by molar-refractivity contribution is 6.39. The fraction of sp³-hybridized carbons (Fsp3) is 0.308. The van der Waals surface area contributed by atoms with E-state index < -0.39 is 12.0 Å². The number of nitrogens with zero attached hydrogens (tertiary/aromatic N) is 4. The number of aromatic nitrogens is 3. The summed E-state index contributed by atoms with van der Waals surface area (Å²) in [4.78, 5) is 48.0. The average Bonchev–Trinajstić information content (AvgIpc) is 3.57. The molecule has 268 valence electrons. The quantitative estimate of drug-likeness (QED) is 0.144. The summed E-state index contributed by atoms with van der Waals surface area (Å²) in [6.45, 7) is 2.05. The lowest BCUT2D eigenvalue weighted by Gasteiger charge is -2.32. The van der Waals surface area contributed by atoms with Crippen LogP contribution in [0.15, 0.2) is 77.9 Å². The Balaban J connectivity index is 1.13. The van der Waals surface area contributed by atoms with E-state index in [1.165, 1.54) is 4.40 Å². The second kappa shape index (κ2) is 15.4. The first kappa shape index (κ1) is 35.6. The lowest BCUT2D eigenvalue weighted by Crippen LogP contribution is -2.45. The molecule has 0 bridgehead atoms. The van der Waals surface area contributed by atoms with Crippen LogP contribution in [0.1, 0.15) is 43.2 Å². The number of rotatable bonds is 11. The minimum Gasteiger partial charge on any atom is -0.481 e. The van der Waals surface area contributed by atoms with Crippen molar-refractivity contribution in [1.82, 2.24) is 29.9 Å². The molecule has 11 nitrogen and oxygen atoms in total. The predicted octanol–water partition coefficient (Wildman–Crippen LogP) is 6.21. The number of fused-ring (bicyclic) bond motifs is 1. The number of carboxylic acids is 1. The van der Waals surface area contributed by atoms with E-state index in [1.54, 1.807) is 19.5 Å². The lowest BCUT2D eigenvalue weighted by atomic mass is 9.97. The molecule has 0 aliphatic carbocycles. The SMILES string of the molecule is COc1nc(-c2cccc(-c3cccc(-c4ccn5c(=O)c(CN6CCCC[C@@H]6C(=O)O)cnc5c4)c3Cl)c2Cl)ccc1CNC[C@@H]1CCC(=O)N1. The zero-order valence-corrected chi connectivity index (χ0v) is 30.1. The van der Waals surface area contributed by atoms with Crippen LogP contribution in [-0.4, -0.2) is 68.5 Å². The molecule has 5 heterocycles. The van der Waals surface area contributed by atoms with Crippen LogP contribution in [0.2, 0.25) is 10.0 Å². The van der Waals surface area contributed by atoms with Crippen molar-refractivity contribution in [2.45, 2.75) is 57.3 Å². The summed E-state index contributed by atoms with van der Waals surface area (Å²) < 4.78 is 7.12. The molecule has 0 spiro atoms. The van der Waals surface area contributed by atoms with Crippen molar-refractivity contribution in [2.24, 2.45) is 0 Å². The Labute approximate surface area is 310 Å². The molecule has 2 aromatic carbocycles. The van der Waals surface area contributed by atoms with E-state index in [1.807, 2.05) is 65.6 Å². The molecular weight excluding hydrogens is 703 g/mol. The molecule has 0 radical (unpaired) electrons. The summed E-state index contributed by atoms with van der Waals surface area (Å²) in [7, 11) is 1.58. The van der Waals surface area contributed by atoms with Crippen molar-refractivity contribution in [3.63, 3.8) is 0 Å². The molecule has 2 saturated heterocycles. The third kappa shape index (κ3) is 7.27. The molecule has 52 heavy (non-hydrogen) atoms. The van der Waals surface area contributed by atoms with E-state index >= 15 is 0 Å². The summed E-state index contributed by atoms with van der Waals surface area (Å²) in [6.07, 6.45) is 6.92. The van der Waals surface area contributed by atoms with Crippen LogP contribution in [0.25, 0.3) is 39.2 Å². The van der Waals surface area contributed by atoms with Gasteiger partial charge in [-0.1, -0.05) is 72.1 Å². The van der Waals surface area contributed by atoms with Gasteiger partial charge in [0.05, 0.1) is 28.4 Å². The number of carboxylic acid groups (broad SMARTS) is 1. The second-order valence-corrected chi connectivity index (χ2v) is 13.9. The van der Waals surface area contributed by atoms with E-state index in [4.69, 9.17) is 32.9 Å². The zero-order chi connectivity index (χ0) is 36.4. The van der Waals surface area contributed by atoms with Crippen LogP contribution >= 0.6 is 23.2 Å². The standard InChI is InChI=1S/C39H38Cl2N6O5/c1-52-37-24(19-42-21-26-12-14-34(48)44-26)11-13-31(45-37)30-9-5-8-29(36(30)41)28-7-4-6-27(35(28)40)23-15-17-47-33(18-23)43-20-25(38(47)49)22-46-16-3-2-10-32(46)39(50)51/h4-9,11,13,15,17-18,20,26,32,42H,2-3,10,12,14,16,19,21-22H2,1H3,(H,44,48)(H,50,51)/t26-,32+/m0/s1. The van der Waals surface area contributed by atoms with Gasteiger partial charge in [-0.15, -0.1) is 0 Å². The van der Waals surface area contributed by atoms with Gasteiger partial charge in [-0.2, -0.15) is 0 Å². The molecule has 2 fully saturated rings. The van der Waals surface area contributed by atoms with Gasteiger partial charge in [0.1, 0.15) is 11.7 Å². The Morgan fingerprint density at radius 2 is 1.73 bits per heavy atom. The maximum atomic E-state index is 13.5. The molecule has 3 aromatic heterocycles. The molecule has 0 unspecified atom stereocenters. The van der Waals surface area contributed by atoms with Crippen molar-refractivity contribution >= 4 is 40.7 Å². The van der Waals surface area contributed by atoms with E-state index in [9.17, 15) is 19.5 Å². The Morgan fingerprint density at radius 1 is 0.981 bits per heavy atom. The Kier molecular flexibility index (Phi) is 10.6. The molecule has 2 aliphatic rings. The molecule has 13 heteroatoms. The van der Waals surface area contributed by atoms with E-state index in [-0.39, 0.29) is 24.1 Å². The van der Waals surface area contributed by atoms with Crippen LogP contribution < -0.4 is 20.9 Å². The number of carbonyl (C=O) groups is 2. The van der Waals surface area contributed by atoms with Gasteiger partial charge >= 0.3 is 5.97 Å². The second-order valence-electron chi connectivity index (χ2n) is 13.2. The van der Waals surface area contributed by atoms with Crippen LogP contribution in [0.5, 0.6) is 5.88 Å². The van der Waals surface area contributed by atoms with E-state index in [0.717, 1.165) is 52.6 Å². The minimum atomic E-state index is -0.867. The van der Waals surface area contributed by atoms with Crippen LogP contribution in [0.4, 0.5) is 0 Å². The topological polar surface area (TPSA) is 138 Å². The number of carbonyl (C=O) groups excluding carboxylic acids is 1. The maximum Gasteiger partial charge on any atom is 0.320 e. The molecule has 2 aliphatic heterocycles. The molecule has 0 saturated carbocycles. The third-order valence-corrected chi connectivity index (χ3v) is 10.7. The third-order valence-electron chi connectivity index (χ3n) is 9.85. The van der Waals surface area contributed by atoms with Crippen molar-refractivity contribution in [3.05, 3.63) is 105 Å². The number of halogens is 2. The smallest absolute Gasteiger partial charge is 0.320 e. The number of aliphatic carboxylic acids is 1. The Hall–Kier alpha value is -4.81. The van der Waals surface area contributed by atoms with E-state index in [2.05, 4.69) is 15.6 Å². The predicted molar refractivity (Wildman–Crippen MR) is 201 cm³/mol. The van der Waals surface area contributed by atoms with Crippen LogP contribution in [0.3, 0.4) is 0 Å².